The van der Waals surface area contributed by atoms with Crippen molar-refractivity contribution in [2.24, 2.45) is 0 Å². The summed E-state index contributed by atoms with van der Waals surface area (Å²) in [6.45, 7) is -0.549. The first-order valence-electron chi connectivity index (χ1n) is 4.88. The van der Waals surface area contributed by atoms with Gasteiger partial charge in [0.2, 0.25) is 0 Å². The second-order valence-electron chi connectivity index (χ2n) is 3.48. The molecule has 1 aromatic carbocycles. The highest BCUT2D eigenvalue weighted by atomic mass is 16.3. The molecule has 1 aromatic rings. The van der Waals surface area contributed by atoms with Crippen LogP contribution in [0.1, 0.15) is 12.0 Å². The van der Waals surface area contributed by atoms with Crippen molar-refractivity contribution in [1.29, 1.82) is 0 Å². The molecular weight excluding hydrogens is 192 g/mol. The van der Waals surface area contributed by atoms with Crippen LogP contribution in [0.25, 0.3) is 6.08 Å². The Morgan fingerprint density at radius 3 is 2.33 bits per heavy atom. The summed E-state index contributed by atoms with van der Waals surface area (Å²) in [7, 11) is 0. The maximum atomic E-state index is 9.78. The molecule has 0 spiro atoms. The molecule has 15 heavy (non-hydrogen) atoms. The first-order valence-corrected chi connectivity index (χ1v) is 4.88. The van der Waals surface area contributed by atoms with E-state index >= 15 is 0 Å². The van der Waals surface area contributed by atoms with Gasteiger partial charge in [0, 0.05) is 13.0 Å². The summed E-state index contributed by atoms with van der Waals surface area (Å²) in [6, 6.07) is 9.48. The SMILES string of the molecule is OCC[C@@](O)(/C=C/c1ccccc1)CO. The second-order valence-corrected chi connectivity index (χ2v) is 3.48. The maximum absolute atomic E-state index is 9.78. The summed E-state index contributed by atoms with van der Waals surface area (Å²) < 4.78 is 0. The van der Waals surface area contributed by atoms with Gasteiger partial charge in [-0.25, -0.2) is 0 Å². The van der Waals surface area contributed by atoms with Gasteiger partial charge in [0.05, 0.1) is 6.61 Å². The zero-order valence-corrected chi connectivity index (χ0v) is 8.50. The molecule has 0 bridgehead atoms. The van der Waals surface area contributed by atoms with Crippen LogP contribution in [-0.4, -0.2) is 34.1 Å². The van der Waals surface area contributed by atoms with Gasteiger partial charge in [0.1, 0.15) is 5.60 Å². The van der Waals surface area contributed by atoms with E-state index < -0.39 is 12.2 Å². The van der Waals surface area contributed by atoms with Gasteiger partial charge in [-0.1, -0.05) is 42.5 Å². The van der Waals surface area contributed by atoms with Crippen molar-refractivity contribution < 1.29 is 15.3 Å². The second kappa shape index (κ2) is 5.66. The molecule has 0 saturated heterocycles. The average molecular weight is 208 g/mol. The Bertz CT molecular complexity index is 308. The van der Waals surface area contributed by atoms with Crippen LogP contribution in [0.3, 0.4) is 0 Å². The minimum absolute atomic E-state index is 0.132. The molecule has 0 saturated carbocycles. The zero-order valence-electron chi connectivity index (χ0n) is 8.50. The minimum Gasteiger partial charge on any atom is -0.396 e. The van der Waals surface area contributed by atoms with Crippen molar-refractivity contribution >= 4 is 6.08 Å². The minimum atomic E-state index is -1.33. The third kappa shape index (κ3) is 3.83. The fraction of sp³-hybridized carbons (Fsp3) is 0.333. The van der Waals surface area contributed by atoms with Crippen molar-refractivity contribution in [3.05, 3.63) is 42.0 Å². The van der Waals surface area contributed by atoms with Gasteiger partial charge in [-0.15, -0.1) is 0 Å². The molecule has 0 fully saturated rings. The highest BCUT2D eigenvalue weighted by Crippen LogP contribution is 2.13. The Hall–Kier alpha value is -1.16. The van der Waals surface area contributed by atoms with Crippen LogP contribution >= 0.6 is 0 Å². The number of hydrogen-bond donors (Lipinski definition) is 3. The molecule has 0 unspecified atom stereocenters. The molecule has 0 amide bonds. The fourth-order valence-corrected chi connectivity index (χ4v) is 1.22. The Morgan fingerprint density at radius 1 is 1.13 bits per heavy atom. The number of aliphatic hydroxyl groups is 3. The zero-order chi connectivity index (χ0) is 11.1. The highest BCUT2D eigenvalue weighted by Gasteiger charge is 2.21. The summed E-state index contributed by atoms with van der Waals surface area (Å²) in [5.41, 5.74) is -0.382. The summed E-state index contributed by atoms with van der Waals surface area (Å²) >= 11 is 0. The standard InChI is InChI=1S/C12H16O3/c13-9-8-12(15,10-14)7-6-11-4-2-1-3-5-11/h1-7,13-15H,8-10H2/b7-6+/t12-/m0/s1. The van der Waals surface area contributed by atoms with Crippen molar-refractivity contribution in [1.82, 2.24) is 0 Å². The van der Waals surface area contributed by atoms with E-state index in [4.69, 9.17) is 10.2 Å². The largest absolute Gasteiger partial charge is 0.396 e. The number of benzene rings is 1. The summed E-state index contributed by atoms with van der Waals surface area (Å²) in [6.07, 6.45) is 3.37. The van der Waals surface area contributed by atoms with E-state index in [1.54, 1.807) is 6.08 Å². The Morgan fingerprint density at radius 2 is 1.80 bits per heavy atom. The Labute approximate surface area is 89.3 Å². The van der Waals surface area contributed by atoms with Crippen LogP contribution < -0.4 is 0 Å². The van der Waals surface area contributed by atoms with Crippen LogP contribution in [0.2, 0.25) is 0 Å². The number of hydrogen-bond acceptors (Lipinski definition) is 3. The van der Waals surface area contributed by atoms with Crippen LogP contribution in [0.5, 0.6) is 0 Å². The first kappa shape index (κ1) is 11.9. The van der Waals surface area contributed by atoms with Gasteiger partial charge in [-0.2, -0.15) is 0 Å². The highest BCUT2D eigenvalue weighted by molar-refractivity contribution is 5.50. The van der Waals surface area contributed by atoms with E-state index in [-0.39, 0.29) is 13.0 Å². The van der Waals surface area contributed by atoms with E-state index in [1.165, 1.54) is 6.08 Å². The lowest BCUT2D eigenvalue weighted by molar-refractivity contribution is 0.00857. The molecule has 1 rings (SSSR count). The van der Waals surface area contributed by atoms with Gasteiger partial charge in [-0.05, 0) is 5.56 Å². The van der Waals surface area contributed by atoms with Gasteiger partial charge >= 0.3 is 0 Å². The van der Waals surface area contributed by atoms with E-state index in [9.17, 15) is 5.11 Å². The van der Waals surface area contributed by atoms with E-state index in [0.717, 1.165) is 5.56 Å². The molecule has 0 aliphatic heterocycles. The van der Waals surface area contributed by atoms with E-state index in [2.05, 4.69) is 0 Å². The quantitative estimate of drug-likeness (QED) is 0.671. The molecule has 0 radical (unpaired) electrons. The molecule has 0 heterocycles. The fourth-order valence-electron chi connectivity index (χ4n) is 1.22. The first-order chi connectivity index (χ1) is 7.20. The van der Waals surface area contributed by atoms with Crippen LogP contribution in [-0.2, 0) is 0 Å². The normalized spacial score (nSPS) is 15.4. The monoisotopic (exact) mass is 208 g/mol. The van der Waals surface area contributed by atoms with E-state index in [0.29, 0.717) is 0 Å². The van der Waals surface area contributed by atoms with Crippen LogP contribution in [0.15, 0.2) is 36.4 Å². The number of rotatable bonds is 5. The van der Waals surface area contributed by atoms with Crippen LogP contribution in [0.4, 0.5) is 0 Å². The lowest BCUT2D eigenvalue weighted by Crippen LogP contribution is -2.31. The molecule has 0 aliphatic rings. The molecular formula is C12H16O3. The summed E-state index contributed by atoms with van der Waals surface area (Å²) in [5, 5.41) is 27.5. The lowest BCUT2D eigenvalue weighted by Gasteiger charge is -2.20. The molecule has 3 nitrogen and oxygen atoms in total. The van der Waals surface area contributed by atoms with Crippen molar-refractivity contribution in [3.8, 4) is 0 Å². The van der Waals surface area contributed by atoms with Crippen molar-refractivity contribution in [2.75, 3.05) is 13.2 Å². The van der Waals surface area contributed by atoms with Crippen LogP contribution in [0, 0.1) is 0 Å². The van der Waals surface area contributed by atoms with Gasteiger partial charge in [0.25, 0.3) is 0 Å². The van der Waals surface area contributed by atoms with Crippen molar-refractivity contribution in [2.45, 2.75) is 12.0 Å². The van der Waals surface area contributed by atoms with E-state index in [1.807, 2.05) is 30.3 Å². The lowest BCUT2D eigenvalue weighted by atomic mass is 10.00. The molecule has 3 heteroatoms. The Balaban J connectivity index is 2.70. The number of aliphatic hydroxyl groups excluding tert-OH is 2. The predicted molar refractivity (Wildman–Crippen MR) is 59.2 cm³/mol. The Kier molecular flexibility index (Phi) is 4.49. The summed E-state index contributed by atoms with van der Waals surface area (Å²) in [4.78, 5) is 0. The van der Waals surface area contributed by atoms with Gasteiger partial charge in [-0.3, -0.25) is 0 Å². The molecule has 3 N–H and O–H groups in total. The third-order valence-corrected chi connectivity index (χ3v) is 2.20. The van der Waals surface area contributed by atoms with Crippen molar-refractivity contribution in [3.63, 3.8) is 0 Å². The maximum Gasteiger partial charge on any atom is 0.108 e. The smallest absolute Gasteiger partial charge is 0.108 e. The summed E-state index contributed by atoms with van der Waals surface area (Å²) in [5.74, 6) is 0. The molecule has 0 aliphatic carbocycles. The molecule has 0 aromatic heterocycles. The third-order valence-electron chi connectivity index (χ3n) is 2.20. The molecule has 1 atom stereocenters. The molecule has 82 valence electrons. The topological polar surface area (TPSA) is 60.7 Å². The average Bonchev–Trinajstić information content (AvgIpc) is 2.28. The van der Waals surface area contributed by atoms with Gasteiger partial charge in [0.15, 0.2) is 0 Å². The predicted octanol–water partition coefficient (Wildman–Crippen LogP) is 0.806. The van der Waals surface area contributed by atoms with Gasteiger partial charge < -0.3 is 15.3 Å².